The second-order valence-corrected chi connectivity index (χ2v) is 8.46. The molecule has 1 aromatic carbocycles. The summed E-state index contributed by atoms with van der Waals surface area (Å²) < 4.78 is 37.8. The van der Waals surface area contributed by atoms with E-state index in [2.05, 4.69) is 15.3 Å². The number of carbonyl (C=O) groups excluding carboxylic acids is 1. The fourth-order valence-electron chi connectivity index (χ4n) is 3.66. The van der Waals surface area contributed by atoms with E-state index in [-0.39, 0.29) is 30.9 Å². The molecule has 30 heavy (non-hydrogen) atoms. The summed E-state index contributed by atoms with van der Waals surface area (Å²) in [5.74, 6) is 0.207. The highest BCUT2D eigenvalue weighted by Gasteiger charge is 2.29. The minimum absolute atomic E-state index is 0.125. The second-order valence-electron chi connectivity index (χ2n) is 7.38. The number of hydrogen-bond acceptors (Lipinski definition) is 4. The van der Waals surface area contributed by atoms with Gasteiger partial charge in [-0.3, -0.25) is 9.59 Å². The minimum Gasteiger partial charge on any atom is -0.352 e. The van der Waals surface area contributed by atoms with Crippen molar-refractivity contribution in [1.29, 1.82) is 0 Å². The van der Waals surface area contributed by atoms with Gasteiger partial charge in [0.2, 0.25) is 5.91 Å². The zero-order valence-corrected chi connectivity index (χ0v) is 16.9. The molecule has 158 valence electrons. The molecule has 2 heterocycles. The molecule has 0 bridgehead atoms. The molecule has 0 saturated carbocycles. The largest absolute Gasteiger partial charge is 0.416 e. The highest BCUT2D eigenvalue weighted by Crippen LogP contribution is 2.33. The third-order valence-electron chi connectivity index (χ3n) is 5.23. The van der Waals surface area contributed by atoms with E-state index in [0.29, 0.717) is 16.8 Å². The van der Waals surface area contributed by atoms with Gasteiger partial charge in [0.1, 0.15) is 10.7 Å². The van der Waals surface area contributed by atoms with Gasteiger partial charge >= 0.3 is 6.18 Å². The maximum atomic E-state index is 12.6. The number of fused-ring (bicyclic) bond motifs is 3. The van der Waals surface area contributed by atoms with Crippen LogP contribution >= 0.6 is 11.3 Å². The van der Waals surface area contributed by atoms with Crippen molar-refractivity contribution in [3.8, 4) is 0 Å². The molecule has 0 unspecified atom stereocenters. The molecule has 0 fully saturated rings. The van der Waals surface area contributed by atoms with Crippen molar-refractivity contribution in [3.63, 3.8) is 0 Å². The number of aromatic nitrogens is 2. The summed E-state index contributed by atoms with van der Waals surface area (Å²) in [6.45, 7) is 0.137. The van der Waals surface area contributed by atoms with Gasteiger partial charge in [-0.2, -0.15) is 13.2 Å². The molecule has 4 rings (SSSR count). The van der Waals surface area contributed by atoms with Crippen molar-refractivity contribution in [2.24, 2.45) is 0 Å². The number of rotatable bonds is 5. The number of nitrogens with one attached hydrogen (secondary N) is 2. The fourth-order valence-corrected chi connectivity index (χ4v) is 4.94. The Bertz CT molecular complexity index is 1130. The average Bonchev–Trinajstić information content (AvgIpc) is 3.09. The standard InChI is InChI=1S/C21H20F3N3O2S/c22-21(23,24)13-7-5-12(6-8-13)11-25-17(28)10-9-16-26-19(29)18-14-3-1-2-4-15(14)30-20(18)27-16/h5-8H,1-4,9-11H2,(H,25,28)(H,26,27,29). The molecule has 0 spiro atoms. The number of amides is 1. The number of benzene rings is 1. The van der Waals surface area contributed by atoms with Crippen LogP contribution < -0.4 is 10.9 Å². The van der Waals surface area contributed by atoms with Crippen LogP contribution in [0.3, 0.4) is 0 Å². The Kier molecular flexibility index (Phi) is 5.64. The smallest absolute Gasteiger partial charge is 0.352 e. The van der Waals surface area contributed by atoms with Crippen molar-refractivity contribution in [2.45, 2.75) is 51.2 Å². The van der Waals surface area contributed by atoms with Crippen molar-refractivity contribution in [2.75, 3.05) is 0 Å². The number of halogens is 3. The second kappa shape index (κ2) is 8.22. The van der Waals surface area contributed by atoms with Crippen LogP contribution in [0.25, 0.3) is 10.2 Å². The average molecular weight is 435 g/mol. The topological polar surface area (TPSA) is 74.8 Å². The number of alkyl halides is 3. The Morgan fingerprint density at radius 2 is 1.90 bits per heavy atom. The van der Waals surface area contributed by atoms with Crippen LogP contribution in [0, 0.1) is 0 Å². The Morgan fingerprint density at radius 1 is 1.17 bits per heavy atom. The van der Waals surface area contributed by atoms with Gasteiger partial charge in [0.05, 0.1) is 10.9 Å². The van der Waals surface area contributed by atoms with Crippen LogP contribution in [-0.4, -0.2) is 15.9 Å². The third-order valence-corrected chi connectivity index (χ3v) is 6.42. The molecule has 1 aliphatic carbocycles. The van der Waals surface area contributed by atoms with Crippen LogP contribution in [0.2, 0.25) is 0 Å². The first kappa shape index (κ1) is 20.6. The lowest BCUT2D eigenvalue weighted by atomic mass is 9.97. The molecule has 2 aromatic heterocycles. The first-order valence-corrected chi connectivity index (χ1v) is 10.6. The Balaban J connectivity index is 1.36. The van der Waals surface area contributed by atoms with Crippen LogP contribution in [0.15, 0.2) is 29.1 Å². The summed E-state index contributed by atoms with van der Waals surface area (Å²) in [7, 11) is 0. The molecule has 0 aliphatic heterocycles. The molecule has 3 aromatic rings. The molecule has 9 heteroatoms. The quantitative estimate of drug-likeness (QED) is 0.633. The van der Waals surface area contributed by atoms with E-state index < -0.39 is 11.7 Å². The Hall–Kier alpha value is -2.68. The molecule has 0 saturated heterocycles. The molecular formula is C21H20F3N3O2S. The van der Waals surface area contributed by atoms with E-state index in [0.717, 1.165) is 48.2 Å². The molecule has 1 aliphatic rings. The van der Waals surface area contributed by atoms with Gasteiger partial charge in [-0.15, -0.1) is 11.3 Å². The molecule has 5 nitrogen and oxygen atoms in total. The summed E-state index contributed by atoms with van der Waals surface area (Å²) in [6, 6.07) is 4.67. The van der Waals surface area contributed by atoms with Gasteiger partial charge in [-0.05, 0) is 48.9 Å². The summed E-state index contributed by atoms with van der Waals surface area (Å²) in [6.07, 6.45) is 0.132. The summed E-state index contributed by atoms with van der Waals surface area (Å²) >= 11 is 1.56. The zero-order chi connectivity index (χ0) is 21.3. The van der Waals surface area contributed by atoms with Crippen LogP contribution in [0.5, 0.6) is 0 Å². The van der Waals surface area contributed by atoms with Crippen molar-refractivity contribution < 1.29 is 18.0 Å². The normalized spacial score (nSPS) is 14.0. The molecule has 1 amide bonds. The maximum absolute atomic E-state index is 12.6. The predicted molar refractivity (Wildman–Crippen MR) is 108 cm³/mol. The lowest BCUT2D eigenvalue weighted by Crippen LogP contribution is -2.24. The van der Waals surface area contributed by atoms with Gasteiger partial charge in [0.15, 0.2) is 0 Å². The van der Waals surface area contributed by atoms with Crippen molar-refractivity contribution in [1.82, 2.24) is 15.3 Å². The van der Waals surface area contributed by atoms with E-state index in [9.17, 15) is 22.8 Å². The number of aromatic amines is 1. The van der Waals surface area contributed by atoms with E-state index in [1.807, 2.05) is 0 Å². The Labute approximate surface area is 174 Å². The third kappa shape index (κ3) is 4.40. The van der Waals surface area contributed by atoms with Crippen molar-refractivity contribution >= 4 is 27.5 Å². The first-order chi connectivity index (χ1) is 14.3. The fraction of sp³-hybridized carbons (Fsp3) is 0.381. The van der Waals surface area contributed by atoms with E-state index in [4.69, 9.17) is 0 Å². The first-order valence-electron chi connectivity index (χ1n) is 9.77. The number of carbonyl (C=O) groups is 1. The summed E-state index contributed by atoms with van der Waals surface area (Å²) in [5, 5.41) is 3.37. The molecular weight excluding hydrogens is 415 g/mol. The van der Waals surface area contributed by atoms with E-state index >= 15 is 0 Å². The van der Waals surface area contributed by atoms with E-state index in [1.54, 1.807) is 11.3 Å². The lowest BCUT2D eigenvalue weighted by molar-refractivity contribution is -0.137. The van der Waals surface area contributed by atoms with Gasteiger partial charge in [-0.1, -0.05) is 12.1 Å². The minimum atomic E-state index is -4.38. The van der Waals surface area contributed by atoms with Gasteiger partial charge < -0.3 is 10.3 Å². The van der Waals surface area contributed by atoms with Gasteiger partial charge in [0.25, 0.3) is 5.56 Å². The Morgan fingerprint density at radius 3 is 2.63 bits per heavy atom. The molecule has 2 N–H and O–H groups in total. The highest BCUT2D eigenvalue weighted by molar-refractivity contribution is 7.18. The lowest BCUT2D eigenvalue weighted by Gasteiger charge is -2.09. The van der Waals surface area contributed by atoms with Crippen LogP contribution in [0.4, 0.5) is 13.2 Å². The summed E-state index contributed by atoms with van der Waals surface area (Å²) in [5.41, 5.74) is 0.821. The summed E-state index contributed by atoms with van der Waals surface area (Å²) in [4.78, 5) is 33.9. The number of thiophene rings is 1. The predicted octanol–water partition coefficient (Wildman–Crippen LogP) is 4.13. The van der Waals surface area contributed by atoms with Crippen LogP contribution in [0.1, 0.15) is 46.7 Å². The zero-order valence-electron chi connectivity index (χ0n) is 16.1. The number of aryl methyl sites for hydroxylation is 3. The van der Waals surface area contributed by atoms with Gasteiger partial charge in [0, 0.05) is 24.3 Å². The van der Waals surface area contributed by atoms with Gasteiger partial charge in [-0.25, -0.2) is 4.98 Å². The van der Waals surface area contributed by atoms with Crippen LogP contribution in [-0.2, 0) is 36.8 Å². The molecule has 0 atom stereocenters. The molecule has 0 radical (unpaired) electrons. The number of H-pyrrole nitrogens is 1. The van der Waals surface area contributed by atoms with Crippen molar-refractivity contribution in [3.05, 3.63) is 62.0 Å². The number of nitrogens with zero attached hydrogens (tertiary/aromatic N) is 1. The monoisotopic (exact) mass is 435 g/mol. The highest BCUT2D eigenvalue weighted by atomic mass is 32.1. The SMILES string of the molecule is O=C(CCc1nc2sc3c(c2c(=O)[nH]1)CCCC3)NCc1ccc(C(F)(F)F)cc1. The van der Waals surface area contributed by atoms with E-state index in [1.165, 1.54) is 17.0 Å². The number of hydrogen-bond donors (Lipinski definition) is 2. The maximum Gasteiger partial charge on any atom is 0.416 e.